The first-order valence-corrected chi connectivity index (χ1v) is 6.59. The second-order valence-corrected chi connectivity index (χ2v) is 5.11. The maximum atomic E-state index is 13.3. The molecule has 17 heavy (non-hydrogen) atoms. The van der Waals surface area contributed by atoms with Crippen LogP contribution < -0.4 is 5.73 Å². The van der Waals surface area contributed by atoms with Crippen LogP contribution in [-0.2, 0) is 5.75 Å². The normalized spacial score (nSPS) is 10.5. The van der Waals surface area contributed by atoms with Crippen LogP contribution in [0.1, 0.15) is 5.82 Å². The minimum absolute atomic E-state index is 0.234. The summed E-state index contributed by atoms with van der Waals surface area (Å²) in [6, 6.07) is 6.61. The summed E-state index contributed by atoms with van der Waals surface area (Å²) < 4.78 is 14.0. The zero-order valence-corrected chi connectivity index (χ0v) is 11.1. The van der Waals surface area contributed by atoms with Crippen molar-refractivity contribution in [3.8, 4) is 0 Å². The molecule has 0 amide bonds. The van der Waals surface area contributed by atoms with Crippen molar-refractivity contribution in [3.05, 3.63) is 46.6 Å². The number of nitrogen functional groups attached to an aromatic ring is 1. The van der Waals surface area contributed by atoms with Crippen molar-refractivity contribution in [1.82, 2.24) is 9.97 Å². The maximum absolute atomic E-state index is 13.3. The molecular formula is C11H9BrFN3S. The number of halogens is 2. The van der Waals surface area contributed by atoms with Crippen LogP contribution in [0.15, 0.2) is 39.8 Å². The lowest BCUT2D eigenvalue weighted by Crippen LogP contribution is -1.98. The zero-order chi connectivity index (χ0) is 12.3. The molecule has 1 heterocycles. The summed E-state index contributed by atoms with van der Waals surface area (Å²) in [4.78, 5) is 8.78. The van der Waals surface area contributed by atoms with Crippen molar-refractivity contribution in [2.75, 3.05) is 5.73 Å². The van der Waals surface area contributed by atoms with Crippen molar-refractivity contribution >= 4 is 33.5 Å². The summed E-state index contributed by atoms with van der Waals surface area (Å²) in [5.41, 5.74) is 5.64. The molecule has 6 heteroatoms. The van der Waals surface area contributed by atoms with E-state index < -0.39 is 0 Å². The predicted molar refractivity (Wildman–Crippen MR) is 70.1 cm³/mol. The summed E-state index contributed by atoms with van der Waals surface area (Å²) in [5, 5.41) is 0. The Morgan fingerprint density at radius 1 is 1.35 bits per heavy atom. The van der Waals surface area contributed by atoms with Gasteiger partial charge in [0.1, 0.15) is 17.5 Å². The second kappa shape index (κ2) is 5.46. The van der Waals surface area contributed by atoms with Gasteiger partial charge in [-0.05, 0) is 28.1 Å². The number of hydrogen-bond donors (Lipinski definition) is 1. The zero-order valence-electron chi connectivity index (χ0n) is 8.73. The number of thioether (sulfide) groups is 1. The number of nitrogens with zero attached hydrogens (tertiary/aromatic N) is 2. The van der Waals surface area contributed by atoms with Gasteiger partial charge in [0.15, 0.2) is 0 Å². The summed E-state index contributed by atoms with van der Waals surface area (Å²) >= 11 is 4.56. The first-order valence-electron chi connectivity index (χ1n) is 4.81. The van der Waals surface area contributed by atoms with Gasteiger partial charge in [-0.25, -0.2) is 14.4 Å². The Bertz CT molecular complexity index is 536. The average Bonchev–Trinajstić information content (AvgIpc) is 2.32. The fourth-order valence-electron chi connectivity index (χ4n) is 1.19. The third-order valence-corrected chi connectivity index (χ3v) is 3.67. The van der Waals surface area contributed by atoms with Gasteiger partial charge in [0.25, 0.3) is 0 Å². The molecule has 3 nitrogen and oxygen atoms in total. The summed E-state index contributed by atoms with van der Waals surface area (Å²) in [6.07, 6.45) is 1.60. The molecule has 2 aromatic rings. The molecule has 0 fully saturated rings. The standard InChI is InChI=1S/C11H9BrFN3S/c12-7-5-15-10(16-11(7)14)6-17-9-4-2-1-3-8(9)13/h1-5H,6H2,(H2,14,15,16). The van der Waals surface area contributed by atoms with Crippen molar-refractivity contribution in [2.45, 2.75) is 10.6 Å². The monoisotopic (exact) mass is 313 g/mol. The third kappa shape index (κ3) is 3.17. The van der Waals surface area contributed by atoms with Crippen LogP contribution in [0.4, 0.5) is 10.2 Å². The lowest BCUT2D eigenvalue weighted by Gasteiger charge is -2.03. The molecule has 0 unspecified atom stereocenters. The van der Waals surface area contributed by atoms with E-state index in [-0.39, 0.29) is 5.82 Å². The minimum Gasteiger partial charge on any atom is -0.383 e. The lowest BCUT2D eigenvalue weighted by atomic mass is 10.3. The van der Waals surface area contributed by atoms with Gasteiger partial charge in [0.05, 0.1) is 10.2 Å². The van der Waals surface area contributed by atoms with Gasteiger partial charge in [-0.15, -0.1) is 11.8 Å². The Labute approximate surface area is 111 Å². The molecule has 0 aliphatic rings. The van der Waals surface area contributed by atoms with E-state index in [1.165, 1.54) is 17.8 Å². The van der Waals surface area contributed by atoms with Crippen molar-refractivity contribution in [3.63, 3.8) is 0 Å². The number of benzene rings is 1. The molecule has 2 N–H and O–H groups in total. The highest BCUT2D eigenvalue weighted by atomic mass is 79.9. The number of aromatic nitrogens is 2. The van der Waals surface area contributed by atoms with Gasteiger partial charge in [-0.3, -0.25) is 0 Å². The average molecular weight is 314 g/mol. The number of rotatable bonds is 3. The Hall–Kier alpha value is -1.14. The number of nitrogens with two attached hydrogens (primary N) is 1. The molecule has 1 aromatic carbocycles. The van der Waals surface area contributed by atoms with Crippen LogP contribution in [0.5, 0.6) is 0 Å². The van der Waals surface area contributed by atoms with Gasteiger partial charge >= 0.3 is 0 Å². The Morgan fingerprint density at radius 3 is 2.82 bits per heavy atom. The topological polar surface area (TPSA) is 51.8 Å². The maximum Gasteiger partial charge on any atom is 0.141 e. The quantitative estimate of drug-likeness (QED) is 0.884. The highest BCUT2D eigenvalue weighted by Gasteiger charge is 2.05. The van der Waals surface area contributed by atoms with Crippen molar-refractivity contribution < 1.29 is 4.39 Å². The first kappa shape index (κ1) is 12.3. The van der Waals surface area contributed by atoms with Gasteiger partial charge in [0, 0.05) is 11.1 Å². The van der Waals surface area contributed by atoms with Gasteiger partial charge in [-0.2, -0.15) is 0 Å². The van der Waals surface area contributed by atoms with Gasteiger partial charge < -0.3 is 5.73 Å². The van der Waals surface area contributed by atoms with E-state index in [9.17, 15) is 4.39 Å². The molecular weight excluding hydrogens is 305 g/mol. The van der Waals surface area contributed by atoms with E-state index >= 15 is 0 Å². The SMILES string of the molecule is Nc1nc(CSc2ccccc2F)ncc1Br. The molecule has 0 atom stereocenters. The number of hydrogen-bond acceptors (Lipinski definition) is 4. The Balaban J connectivity index is 2.08. The molecule has 0 spiro atoms. The number of anilines is 1. The molecule has 0 radical (unpaired) electrons. The minimum atomic E-state index is -0.234. The van der Waals surface area contributed by atoms with Crippen LogP contribution in [0.2, 0.25) is 0 Å². The lowest BCUT2D eigenvalue weighted by molar-refractivity contribution is 0.602. The molecule has 0 saturated carbocycles. The van der Waals surface area contributed by atoms with Gasteiger partial charge in [-0.1, -0.05) is 12.1 Å². The largest absolute Gasteiger partial charge is 0.383 e. The molecule has 0 saturated heterocycles. The van der Waals surface area contributed by atoms with E-state index in [1.807, 2.05) is 0 Å². The molecule has 88 valence electrons. The van der Waals surface area contributed by atoms with E-state index in [4.69, 9.17) is 5.73 Å². The first-order chi connectivity index (χ1) is 8.16. The smallest absolute Gasteiger partial charge is 0.141 e. The molecule has 0 aliphatic carbocycles. The van der Waals surface area contributed by atoms with E-state index in [2.05, 4.69) is 25.9 Å². The highest BCUT2D eigenvalue weighted by molar-refractivity contribution is 9.10. The second-order valence-electron chi connectivity index (χ2n) is 3.24. The van der Waals surface area contributed by atoms with Crippen LogP contribution in [0.25, 0.3) is 0 Å². The van der Waals surface area contributed by atoms with Crippen LogP contribution in [-0.4, -0.2) is 9.97 Å². The fraction of sp³-hybridized carbons (Fsp3) is 0.0909. The van der Waals surface area contributed by atoms with Crippen molar-refractivity contribution in [1.29, 1.82) is 0 Å². The third-order valence-electron chi connectivity index (χ3n) is 2.01. The van der Waals surface area contributed by atoms with E-state index in [0.29, 0.717) is 26.8 Å². The summed E-state index contributed by atoms with van der Waals surface area (Å²) in [5.74, 6) is 1.23. The molecule has 0 aliphatic heterocycles. The van der Waals surface area contributed by atoms with E-state index in [0.717, 1.165) is 0 Å². The molecule has 2 rings (SSSR count). The molecule has 1 aromatic heterocycles. The Kier molecular flexibility index (Phi) is 3.96. The van der Waals surface area contributed by atoms with Crippen LogP contribution in [0.3, 0.4) is 0 Å². The molecule has 0 bridgehead atoms. The fourth-order valence-corrected chi connectivity index (χ4v) is 2.19. The predicted octanol–water partition coefficient (Wildman–Crippen LogP) is 3.25. The highest BCUT2D eigenvalue weighted by Crippen LogP contribution is 2.25. The van der Waals surface area contributed by atoms with Crippen LogP contribution in [0, 0.1) is 5.82 Å². The van der Waals surface area contributed by atoms with Crippen LogP contribution >= 0.6 is 27.7 Å². The van der Waals surface area contributed by atoms with Crippen molar-refractivity contribution in [2.24, 2.45) is 0 Å². The summed E-state index contributed by atoms with van der Waals surface area (Å²) in [7, 11) is 0. The Morgan fingerprint density at radius 2 is 2.12 bits per heavy atom. The van der Waals surface area contributed by atoms with E-state index in [1.54, 1.807) is 24.4 Å². The summed E-state index contributed by atoms with van der Waals surface area (Å²) in [6.45, 7) is 0. The van der Waals surface area contributed by atoms with Gasteiger partial charge in [0.2, 0.25) is 0 Å².